The summed E-state index contributed by atoms with van der Waals surface area (Å²) in [5, 5.41) is 0. The minimum atomic E-state index is -1.77. The van der Waals surface area contributed by atoms with Crippen LogP contribution in [0.2, 0.25) is 16.6 Å². The van der Waals surface area contributed by atoms with Crippen molar-refractivity contribution in [1.82, 2.24) is 0 Å². The minimum Gasteiger partial charge on any atom is -0.503 e. The van der Waals surface area contributed by atoms with E-state index in [-0.39, 0.29) is 0 Å². The van der Waals surface area contributed by atoms with Gasteiger partial charge in [-0.15, -0.1) is 0 Å². The molecule has 0 aromatic carbocycles. The van der Waals surface area contributed by atoms with Crippen molar-refractivity contribution in [1.29, 1.82) is 0 Å². The molecule has 0 fully saturated rings. The Labute approximate surface area is 120 Å². The van der Waals surface area contributed by atoms with Crippen molar-refractivity contribution in [2.45, 2.75) is 65.1 Å². The molecule has 0 N–H and O–H groups in total. The Morgan fingerprint density at radius 2 is 1.53 bits per heavy atom. The van der Waals surface area contributed by atoms with Gasteiger partial charge < -0.3 is 9.16 Å². The molecule has 0 spiro atoms. The Morgan fingerprint density at radius 1 is 1.05 bits per heavy atom. The summed E-state index contributed by atoms with van der Waals surface area (Å²) in [7, 11) is -0.136. The first kappa shape index (κ1) is 18.3. The Morgan fingerprint density at radius 3 is 1.89 bits per heavy atom. The van der Waals surface area contributed by atoms with Crippen molar-refractivity contribution in [3.05, 3.63) is 11.8 Å². The van der Waals surface area contributed by atoms with Crippen LogP contribution in [-0.4, -0.2) is 22.0 Å². The molecule has 0 aliphatic rings. The topological polar surface area (TPSA) is 18.5 Å². The molecular weight excluding hydrogens is 252 g/mol. The molecule has 0 saturated carbocycles. The fourth-order valence-corrected chi connectivity index (χ4v) is 8.36. The van der Waals surface area contributed by atoms with E-state index >= 15 is 0 Å². The fourth-order valence-electron chi connectivity index (χ4n) is 3.04. The molecule has 0 unspecified atom stereocenters. The molecule has 0 bridgehead atoms. The average molecular weight is 283 g/mol. The van der Waals surface area contributed by atoms with Crippen LogP contribution in [0.15, 0.2) is 11.8 Å². The van der Waals surface area contributed by atoms with Gasteiger partial charge in [0.15, 0.2) is 0 Å². The third-order valence-electron chi connectivity index (χ3n) is 3.68. The Bertz CT molecular complexity index is 324. The molecule has 0 saturated heterocycles. The summed E-state index contributed by atoms with van der Waals surface area (Å²) in [6.45, 7) is 16.2. The summed E-state index contributed by atoms with van der Waals surface area (Å²) in [4.78, 5) is 0. The first-order chi connectivity index (χ1) is 8.78. The number of hydrogen-bond donors (Lipinski definition) is 0. The molecule has 0 atom stereocenters. The van der Waals surface area contributed by atoms with Crippen LogP contribution in [0.25, 0.3) is 0 Å². The second-order valence-corrected chi connectivity index (χ2v) is 11.4. The molecule has 19 heavy (non-hydrogen) atoms. The third-order valence-corrected chi connectivity index (χ3v) is 9.74. The van der Waals surface area contributed by atoms with E-state index in [1.165, 1.54) is 0 Å². The highest BCUT2D eigenvalue weighted by atomic mass is 28.4. The molecule has 2 nitrogen and oxygen atoms in total. The quantitative estimate of drug-likeness (QED) is 0.398. The van der Waals surface area contributed by atoms with Crippen molar-refractivity contribution in [2.75, 3.05) is 13.7 Å². The van der Waals surface area contributed by atoms with Crippen LogP contribution in [0.1, 0.15) is 48.5 Å². The molecule has 0 heterocycles. The number of rotatable bonds is 6. The lowest BCUT2D eigenvalue weighted by molar-refractivity contribution is 0.322. The van der Waals surface area contributed by atoms with Crippen LogP contribution in [-0.2, 0) is 9.16 Å². The van der Waals surface area contributed by atoms with Crippen molar-refractivity contribution < 1.29 is 9.16 Å². The second kappa shape index (κ2) is 8.45. The van der Waals surface area contributed by atoms with Gasteiger partial charge in [-0.25, -0.2) is 0 Å². The van der Waals surface area contributed by atoms with Crippen LogP contribution >= 0.6 is 0 Å². The first-order valence-corrected chi connectivity index (χ1v) is 9.25. The average Bonchev–Trinajstić information content (AvgIpc) is 2.27. The summed E-state index contributed by atoms with van der Waals surface area (Å²) in [5.74, 6) is 6.16. The van der Waals surface area contributed by atoms with E-state index in [2.05, 4.69) is 53.4 Å². The highest BCUT2D eigenvalue weighted by Gasteiger charge is 2.44. The van der Waals surface area contributed by atoms with Gasteiger partial charge in [0.25, 0.3) is 0 Å². The van der Waals surface area contributed by atoms with Gasteiger partial charge in [0.1, 0.15) is 0 Å². The lowest BCUT2D eigenvalue weighted by Crippen LogP contribution is -2.47. The number of hydrogen-bond acceptors (Lipinski definition) is 2. The molecule has 0 radical (unpaired) electrons. The van der Waals surface area contributed by atoms with Crippen molar-refractivity contribution in [2.24, 2.45) is 0 Å². The van der Waals surface area contributed by atoms with Crippen LogP contribution in [0.5, 0.6) is 0 Å². The maximum absolute atomic E-state index is 6.34. The zero-order chi connectivity index (χ0) is 15.1. The smallest absolute Gasteiger partial charge is 0.201 e. The standard InChI is InChI=1S/C16H30O2Si/c1-13(2)19(14(3)4,15(5)6)18-11-9-10-16(7)12-17-8/h12-15H,11H2,1-8H3. The number of methoxy groups -OCH3 is 1. The van der Waals surface area contributed by atoms with Crippen LogP contribution in [0.4, 0.5) is 0 Å². The lowest BCUT2D eigenvalue weighted by Gasteiger charge is -2.41. The minimum absolute atomic E-state index is 0.523. The Hall–Kier alpha value is -0.723. The normalized spacial score (nSPS) is 12.9. The van der Waals surface area contributed by atoms with Crippen molar-refractivity contribution >= 4 is 8.32 Å². The van der Waals surface area contributed by atoms with Crippen molar-refractivity contribution in [3.63, 3.8) is 0 Å². The molecule has 110 valence electrons. The molecular formula is C16H30O2Si. The molecule has 0 aliphatic heterocycles. The van der Waals surface area contributed by atoms with Gasteiger partial charge in [0.2, 0.25) is 8.32 Å². The van der Waals surface area contributed by atoms with E-state index in [4.69, 9.17) is 9.16 Å². The molecule has 0 rings (SSSR count). The zero-order valence-electron chi connectivity index (χ0n) is 13.8. The van der Waals surface area contributed by atoms with Crippen LogP contribution in [0, 0.1) is 11.8 Å². The van der Waals surface area contributed by atoms with Gasteiger partial charge in [-0.05, 0) is 23.5 Å². The van der Waals surface area contributed by atoms with Crippen molar-refractivity contribution in [3.8, 4) is 11.8 Å². The Kier molecular flexibility index (Phi) is 8.13. The highest BCUT2D eigenvalue weighted by Crippen LogP contribution is 2.41. The van der Waals surface area contributed by atoms with Gasteiger partial charge in [-0.1, -0.05) is 53.4 Å². The van der Waals surface area contributed by atoms with Gasteiger partial charge in [0.05, 0.1) is 20.0 Å². The molecule has 0 aromatic heterocycles. The van der Waals surface area contributed by atoms with Gasteiger partial charge in [-0.3, -0.25) is 0 Å². The monoisotopic (exact) mass is 282 g/mol. The predicted octanol–water partition coefficient (Wildman–Crippen LogP) is 4.73. The molecule has 0 aromatic rings. The SMILES string of the molecule is COC=C(C)C#CCO[Si](C(C)C)(C(C)C)C(C)C. The van der Waals surface area contributed by atoms with Gasteiger partial charge >= 0.3 is 0 Å². The van der Waals surface area contributed by atoms with E-state index in [9.17, 15) is 0 Å². The van der Waals surface area contributed by atoms with Crippen LogP contribution < -0.4 is 0 Å². The summed E-state index contributed by atoms with van der Waals surface area (Å²) in [6, 6.07) is 0. The first-order valence-electron chi connectivity index (χ1n) is 7.11. The van der Waals surface area contributed by atoms with Crippen LogP contribution in [0.3, 0.4) is 0 Å². The van der Waals surface area contributed by atoms with Gasteiger partial charge in [0, 0.05) is 5.57 Å². The largest absolute Gasteiger partial charge is 0.503 e. The number of allylic oxidation sites excluding steroid dienone is 1. The lowest BCUT2D eigenvalue weighted by atomic mass is 10.3. The third kappa shape index (κ3) is 5.04. The molecule has 0 amide bonds. The zero-order valence-corrected chi connectivity index (χ0v) is 14.8. The molecule has 0 aliphatic carbocycles. The van der Waals surface area contributed by atoms with E-state index in [0.29, 0.717) is 23.2 Å². The molecule has 3 heteroatoms. The maximum atomic E-state index is 6.34. The second-order valence-electron chi connectivity index (χ2n) is 5.94. The highest BCUT2D eigenvalue weighted by molar-refractivity contribution is 6.77. The predicted molar refractivity (Wildman–Crippen MR) is 85.5 cm³/mol. The maximum Gasteiger partial charge on any atom is 0.201 e. The number of ether oxygens (including phenoxy) is 1. The van der Waals surface area contributed by atoms with Gasteiger partial charge in [-0.2, -0.15) is 0 Å². The summed E-state index contributed by atoms with van der Waals surface area (Å²) in [5.41, 5.74) is 2.73. The van der Waals surface area contributed by atoms with E-state index in [1.807, 2.05) is 6.92 Å². The van der Waals surface area contributed by atoms with E-state index < -0.39 is 8.32 Å². The summed E-state index contributed by atoms with van der Waals surface area (Å²) in [6.07, 6.45) is 1.66. The summed E-state index contributed by atoms with van der Waals surface area (Å²) >= 11 is 0. The van der Waals surface area contributed by atoms with E-state index in [1.54, 1.807) is 13.4 Å². The Balaban J connectivity index is 4.83. The van der Waals surface area contributed by atoms with E-state index in [0.717, 1.165) is 5.57 Å². The summed E-state index contributed by atoms with van der Waals surface area (Å²) < 4.78 is 11.3. The fraction of sp³-hybridized carbons (Fsp3) is 0.750.